The number of rotatable bonds is 6. The number of nitrogens with one attached hydrogen (secondary N) is 1. The number of nitrogens with zero attached hydrogens (tertiary/aromatic N) is 3. The molecule has 1 N–H and O–H groups in total. The van der Waals surface area contributed by atoms with Gasteiger partial charge in [-0.15, -0.1) is 10.2 Å². The molecule has 164 valence electrons. The minimum atomic E-state index is -4.04. The first-order chi connectivity index (χ1) is 14.9. The predicted octanol–water partition coefficient (Wildman–Crippen LogP) is 4.70. The van der Waals surface area contributed by atoms with Crippen LogP contribution in [-0.4, -0.2) is 23.2 Å². The van der Waals surface area contributed by atoms with Crippen molar-refractivity contribution in [2.75, 3.05) is 4.72 Å². The molecule has 3 aromatic rings. The van der Waals surface area contributed by atoms with Crippen LogP contribution in [0.3, 0.4) is 0 Å². The van der Waals surface area contributed by atoms with Gasteiger partial charge in [-0.1, -0.05) is 31.9 Å². The highest BCUT2D eigenvalue weighted by Gasteiger charge is 2.23. The summed E-state index contributed by atoms with van der Waals surface area (Å²) >= 11 is 0. The van der Waals surface area contributed by atoms with Crippen LogP contribution in [0.15, 0.2) is 41.3 Å². The summed E-state index contributed by atoms with van der Waals surface area (Å²) in [7, 11) is -4.04. The summed E-state index contributed by atoms with van der Waals surface area (Å²) in [5, 5.41) is 8.24. The molecule has 1 aliphatic heterocycles. The zero-order valence-corrected chi connectivity index (χ0v) is 18.1. The largest absolute Gasteiger partial charge is 0.311 e. The molecule has 4 rings (SSSR count). The van der Waals surface area contributed by atoms with E-state index in [1.807, 2.05) is 11.5 Å². The van der Waals surface area contributed by atoms with Crippen molar-refractivity contribution < 1.29 is 17.2 Å². The summed E-state index contributed by atoms with van der Waals surface area (Å²) in [6.45, 7) is 2.68. The van der Waals surface area contributed by atoms with E-state index in [1.54, 1.807) is 12.1 Å². The Hall–Kier alpha value is -2.81. The monoisotopic (exact) mass is 446 g/mol. The average molecular weight is 447 g/mol. The summed E-state index contributed by atoms with van der Waals surface area (Å²) in [5.41, 5.74) is 0.697. The minimum Gasteiger partial charge on any atom is -0.311 e. The van der Waals surface area contributed by atoms with Gasteiger partial charge in [-0.3, -0.25) is 4.72 Å². The molecular formula is C22H24F2N4O2S. The minimum absolute atomic E-state index is 0.00831. The van der Waals surface area contributed by atoms with Crippen LogP contribution >= 0.6 is 0 Å². The van der Waals surface area contributed by atoms with Gasteiger partial charge in [0.2, 0.25) is 0 Å². The van der Waals surface area contributed by atoms with Gasteiger partial charge in [-0.2, -0.15) is 0 Å². The maximum absolute atomic E-state index is 14.6. The van der Waals surface area contributed by atoms with Gasteiger partial charge in [0.15, 0.2) is 5.82 Å². The van der Waals surface area contributed by atoms with Crippen LogP contribution in [0.2, 0.25) is 0 Å². The maximum atomic E-state index is 14.6. The Morgan fingerprint density at radius 2 is 1.81 bits per heavy atom. The second-order valence-electron chi connectivity index (χ2n) is 7.71. The van der Waals surface area contributed by atoms with Gasteiger partial charge >= 0.3 is 0 Å². The summed E-state index contributed by atoms with van der Waals surface area (Å²) in [6, 6.07) is 8.25. The van der Waals surface area contributed by atoms with E-state index in [0.29, 0.717) is 12.6 Å². The molecule has 0 saturated carbocycles. The molecule has 0 radical (unpaired) electrons. The van der Waals surface area contributed by atoms with Gasteiger partial charge in [0.1, 0.15) is 17.5 Å². The molecule has 1 aliphatic rings. The number of aryl methyl sites for hydroxylation is 2. The molecule has 2 aromatic carbocycles. The van der Waals surface area contributed by atoms with Crippen molar-refractivity contribution in [3.63, 3.8) is 0 Å². The standard InChI is InChI=1S/C22H24F2N4O2S/c1-2-6-15-8-10-16(11-9-15)31(29,30)27-20-13-17(18(23)14-19(20)24)22-26-25-21-7-4-3-5-12-28(21)22/h8-11,13-14,27H,2-7,12H2,1H3. The lowest BCUT2D eigenvalue weighted by molar-refractivity contribution is 0.581. The van der Waals surface area contributed by atoms with Crippen LogP contribution in [0.4, 0.5) is 14.5 Å². The van der Waals surface area contributed by atoms with Crippen molar-refractivity contribution in [2.24, 2.45) is 0 Å². The Kier molecular flexibility index (Phi) is 6.04. The number of halogens is 2. The summed E-state index contributed by atoms with van der Waals surface area (Å²) in [4.78, 5) is 0.00831. The molecule has 2 heterocycles. The first kappa shape index (κ1) is 21.4. The molecule has 0 amide bonds. The fourth-order valence-corrected chi connectivity index (χ4v) is 4.87. The van der Waals surface area contributed by atoms with E-state index < -0.39 is 21.7 Å². The van der Waals surface area contributed by atoms with Crippen LogP contribution in [-0.2, 0) is 29.4 Å². The normalized spacial score (nSPS) is 14.2. The van der Waals surface area contributed by atoms with Crippen molar-refractivity contribution in [1.29, 1.82) is 0 Å². The molecule has 31 heavy (non-hydrogen) atoms. The van der Waals surface area contributed by atoms with Crippen LogP contribution in [0.1, 0.15) is 44.0 Å². The number of hydrogen-bond acceptors (Lipinski definition) is 4. The molecule has 0 saturated heterocycles. The third kappa shape index (κ3) is 4.46. The van der Waals surface area contributed by atoms with E-state index in [9.17, 15) is 17.2 Å². The molecule has 0 spiro atoms. The van der Waals surface area contributed by atoms with Gasteiger partial charge in [0.25, 0.3) is 10.0 Å². The van der Waals surface area contributed by atoms with Crippen molar-refractivity contribution >= 4 is 15.7 Å². The Labute approximate surface area is 180 Å². The smallest absolute Gasteiger partial charge is 0.261 e. The molecule has 6 nitrogen and oxygen atoms in total. The van der Waals surface area contributed by atoms with Crippen molar-refractivity contribution in [3.05, 3.63) is 59.4 Å². The number of benzene rings is 2. The highest BCUT2D eigenvalue weighted by atomic mass is 32.2. The topological polar surface area (TPSA) is 76.9 Å². The molecule has 0 aliphatic carbocycles. The lowest BCUT2D eigenvalue weighted by atomic mass is 10.1. The fourth-order valence-electron chi connectivity index (χ4n) is 3.81. The summed E-state index contributed by atoms with van der Waals surface area (Å²) < 4.78 is 58.8. The number of fused-ring (bicyclic) bond motifs is 1. The molecule has 0 bridgehead atoms. The third-order valence-corrected chi connectivity index (χ3v) is 6.81. The Bertz CT molecular complexity index is 1190. The van der Waals surface area contributed by atoms with Crippen LogP contribution < -0.4 is 4.72 Å². The molecule has 0 atom stereocenters. The molecule has 9 heteroatoms. The quantitative estimate of drug-likeness (QED) is 0.595. The average Bonchev–Trinajstić information content (AvgIpc) is 2.98. The summed E-state index contributed by atoms with van der Waals surface area (Å²) in [5.74, 6) is -0.781. The number of hydrogen-bond donors (Lipinski definition) is 1. The number of anilines is 1. The van der Waals surface area contributed by atoms with Crippen LogP contribution in [0.25, 0.3) is 11.4 Å². The van der Waals surface area contributed by atoms with Crippen molar-refractivity contribution in [3.8, 4) is 11.4 Å². The van der Waals surface area contributed by atoms with Crippen LogP contribution in [0, 0.1) is 11.6 Å². The first-order valence-corrected chi connectivity index (χ1v) is 11.9. The van der Waals surface area contributed by atoms with Gasteiger partial charge in [0, 0.05) is 19.0 Å². The van der Waals surface area contributed by atoms with Crippen molar-refractivity contribution in [2.45, 2.75) is 56.9 Å². The Morgan fingerprint density at radius 3 is 2.55 bits per heavy atom. The molecule has 0 fully saturated rings. The molecule has 0 unspecified atom stereocenters. The third-order valence-electron chi connectivity index (χ3n) is 5.42. The second kappa shape index (κ2) is 8.74. The van der Waals surface area contributed by atoms with E-state index >= 15 is 0 Å². The molecule has 1 aromatic heterocycles. The van der Waals surface area contributed by atoms with E-state index in [0.717, 1.165) is 56.0 Å². The van der Waals surface area contributed by atoms with E-state index in [4.69, 9.17) is 0 Å². The van der Waals surface area contributed by atoms with Gasteiger partial charge in [0.05, 0.1) is 16.1 Å². The second-order valence-corrected chi connectivity index (χ2v) is 9.40. The predicted molar refractivity (Wildman–Crippen MR) is 114 cm³/mol. The van der Waals surface area contributed by atoms with Gasteiger partial charge in [-0.25, -0.2) is 17.2 Å². The van der Waals surface area contributed by atoms with Gasteiger partial charge < -0.3 is 4.57 Å². The van der Waals surface area contributed by atoms with E-state index in [1.165, 1.54) is 12.1 Å². The SMILES string of the molecule is CCCc1ccc(S(=O)(=O)Nc2cc(-c3nnc4n3CCCCC4)c(F)cc2F)cc1. The highest BCUT2D eigenvalue weighted by Crippen LogP contribution is 2.30. The Balaban J connectivity index is 1.68. The molecular weight excluding hydrogens is 422 g/mol. The Morgan fingerprint density at radius 1 is 1.03 bits per heavy atom. The van der Waals surface area contributed by atoms with E-state index in [2.05, 4.69) is 14.9 Å². The van der Waals surface area contributed by atoms with Crippen LogP contribution in [0.5, 0.6) is 0 Å². The highest BCUT2D eigenvalue weighted by molar-refractivity contribution is 7.92. The van der Waals surface area contributed by atoms with Crippen molar-refractivity contribution in [1.82, 2.24) is 14.8 Å². The van der Waals surface area contributed by atoms with E-state index in [-0.39, 0.29) is 22.0 Å². The lowest BCUT2D eigenvalue weighted by Gasteiger charge is -2.13. The zero-order valence-electron chi connectivity index (χ0n) is 17.2. The number of aromatic nitrogens is 3. The number of sulfonamides is 1. The zero-order chi connectivity index (χ0) is 22.0. The summed E-state index contributed by atoms with van der Waals surface area (Å²) in [6.07, 6.45) is 5.45. The van der Waals surface area contributed by atoms with Gasteiger partial charge in [-0.05, 0) is 43.0 Å². The maximum Gasteiger partial charge on any atom is 0.261 e. The first-order valence-electron chi connectivity index (χ1n) is 10.4. The lowest BCUT2D eigenvalue weighted by Crippen LogP contribution is -2.14. The fraction of sp³-hybridized carbons (Fsp3) is 0.364.